The Bertz CT molecular complexity index is 299. The fourth-order valence-electron chi connectivity index (χ4n) is 4.84. The molecule has 2 aliphatic carbocycles. The van der Waals surface area contributed by atoms with Gasteiger partial charge in [0, 0.05) is 7.11 Å². The zero-order valence-corrected chi connectivity index (χ0v) is 11.0. The fourth-order valence-corrected chi connectivity index (χ4v) is 4.84. The fraction of sp³-hybridized carbons (Fsp3) is 1.00. The molecule has 3 aliphatic rings. The standard InChI is InChI=1S/C14H24O2/c1-13(2)10-7-8-14(13,3)12-9(10)5-6-11(15-4)16-12/h9-12H,5-8H2,1-4H3/t9-,10+,11-,12-,14-/m0/s1. The van der Waals surface area contributed by atoms with E-state index in [1.165, 1.54) is 19.3 Å². The van der Waals surface area contributed by atoms with Crippen LogP contribution in [0.2, 0.25) is 0 Å². The molecular weight excluding hydrogens is 200 g/mol. The Balaban J connectivity index is 1.92. The first-order valence-electron chi connectivity index (χ1n) is 6.69. The summed E-state index contributed by atoms with van der Waals surface area (Å²) in [4.78, 5) is 0. The molecule has 0 unspecified atom stereocenters. The number of methoxy groups -OCH3 is 1. The quantitative estimate of drug-likeness (QED) is 0.681. The van der Waals surface area contributed by atoms with Crippen molar-refractivity contribution in [2.24, 2.45) is 22.7 Å². The van der Waals surface area contributed by atoms with Crippen LogP contribution in [0.25, 0.3) is 0 Å². The maximum Gasteiger partial charge on any atom is 0.157 e. The van der Waals surface area contributed by atoms with Crippen molar-refractivity contribution >= 4 is 0 Å². The minimum atomic E-state index is 0.0493. The molecule has 1 saturated heterocycles. The van der Waals surface area contributed by atoms with E-state index in [0.29, 0.717) is 16.9 Å². The summed E-state index contributed by atoms with van der Waals surface area (Å²) in [6, 6.07) is 0. The van der Waals surface area contributed by atoms with Crippen LogP contribution >= 0.6 is 0 Å². The van der Waals surface area contributed by atoms with E-state index < -0.39 is 0 Å². The summed E-state index contributed by atoms with van der Waals surface area (Å²) < 4.78 is 11.6. The van der Waals surface area contributed by atoms with E-state index in [4.69, 9.17) is 9.47 Å². The smallest absolute Gasteiger partial charge is 0.157 e. The minimum absolute atomic E-state index is 0.0493. The lowest BCUT2D eigenvalue weighted by Crippen LogP contribution is -2.45. The van der Waals surface area contributed by atoms with E-state index in [-0.39, 0.29) is 6.29 Å². The minimum Gasteiger partial charge on any atom is -0.356 e. The van der Waals surface area contributed by atoms with E-state index >= 15 is 0 Å². The van der Waals surface area contributed by atoms with Gasteiger partial charge in [-0.1, -0.05) is 20.8 Å². The Morgan fingerprint density at radius 3 is 2.56 bits per heavy atom. The predicted octanol–water partition coefficient (Wildman–Crippen LogP) is 3.21. The zero-order chi connectivity index (χ0) is 11.6. The first kappa shape index (κ1) is 11.0. The number of rotatable bonds is 1. The summed E-state index contributed by atoms with van der Waals surface area (Å²) in [5, 5.41) is 0. The Morgan fingerprint density at radius 1 is 1.12 bits per heavy atom. The number of hydrogen-bond acceptors (Lipinski definition) is 2. The van der Waals surface area contributed by atoms with Crippen molar-refractivity contribution in [1.82, 2.24) is 0 Å². The molecule has 2 nitrogen and oxygen atoms in total. The van der Waals surface area contributed by atoms with Crippen LogP contribution in [0.3, 0.4) is 0 Å². The van der Waals surface area contributed by atoms with Crippen molar-refractivity contribution in [3.63, 3.8) is 0 Å². The highest BCUT2D eigenvalue weighted by atomic mass is 16.7. The van der Waals surface area contributed by atoms with Crippen molar-refractivity contribution in [1.29, 1.82) is 0 Å². The highest BCUT2D eigenvalue weighted by molar-refractivity contribution is 5.15. The highest BCUT2D eigenvalue weighted by Crippen LogP contribution is 2.70. The second kappa shape index (κ2) is 3.23. The molecule has 2 saturated carbocycles. The second-order valence-corrected chi connectivity index (χ2v) is 6.75. The molecule has 5 atom stereocenters. The van der Waals surface area contributed by atoms with Crippen LogP contribution in [0.4, 0.5) is 0 Å². The maximum absolute atomic E-state index is 6.21. The van der Waals surface area contributed by atoms with Gasteiger partial charge in [0.15, 0.2) is 6.29 Å². The zero-order valence-electron chi connectivity index (χ0n) is 11.0. The number of hydrogen-bond donors (Lipinski definition) is 0. The van der Waals surface area contributed by atoms with Crippen molar-refractivity contribution in [2.45, 2.75) is 58.8 Å². The van der Waals surface area contributed by atoms with Gasteiger partial charge in [-0.3, -0.25) is 0 Å². The van der Waals surface area contributed by atoms with E-state index in [9.17, 15) is 0 Å². The molecule has 1 heterocycles. The summed E-state index contributed by atoms with van der Waals surface area (Å²) >= 11 is 0. The van der Waals surface area contributed by atoms with Gasteiger partial charge in [0.05, 0.1) is 6.10 Å². The highest BCUT2D eigenvalue weighted by Gasteiger charge is 2.67. The number of fused-ring (bicyclic) bond motifs is 5. The van der Waals surface area contributed by atoms with E-state index in [1.807, 2.05) is 0 Å². The molecule has 16 heavy (non-hydrogen) atoms. The molecule has 3 fully saturated rings. The SMILES string of the molecule is CO[C@@H]1CC[C@H]2[C@H]3CC[C@@](C)([C@H]2O1)C3(C)C. The van der Waals surface area contributed by atoms with Crippen molar-refractivity contribution in [2.75, 3.05) is 7.11 Å². The summed E-state index contributed by atoms with van der Waals surface area (Å²) in [5.41, 5.74) is 0.824. The maximum atomic E-state index is 6.21. The molecule has 3 rings (SSSR count). The Hall–Kier alpha value is -0.0800. The lowest BCUT2D eigenvalue weighted by Gasteiger charge is -2.44. The molecule has 0 amide bonds. The van der Waals surface area contributed by atoms with Gasteiger partial charge < -0.3 is 9.47 Å². The van der Waals surface area contributed by atoms with Gasteiger partial charge in [-0.15, -0.1) is 0 Å². The summed E-state index contributed by atoms with van der Waals surface area (Å²) in [6.45, 7) is 7.35. The van der Waals surface area contributed by atoms with Crippen LogP contribution < -0.4 is 0 Å². The molecule has 2 bridgehead atoms. The van der Waals surface area contributed by atoms with E-state index in [0.717, 1.165) is 18.3 Å². The van der Waals surface area contributed by atoms with E-state index in [2.05, 4.69) is 20.8 Å². The van der Waals surface area contributed by atoms with Gasteiger partial charge in [0.1, 0.15) is 0 Å². The number of ether oxygens (including phenoxy) is 2. The monoisotopic (exact) mass is 224 g/mol. The Kier molecular flexibility index (Phi) is 2.23. The molecule has 0 spiro atoms. The van der Waals surface area contributed by atoms with Gasteiger partial charge in [0.2, 0.25) is 0 Å². The predicted molar refractivity (Wildman–Crippen MR) is 63.0 cm³/mol. The first-order valence-corrected chi connectivity index (χ1v) is 6.69. The third-order valence-electron chi connectivity index (χ3n) is 6.20. The molecule has 0 aromatic heterocycles. The van der Waals surface area contributed by atoms with Crippen LogP contribution in [0.5, 0.6) is 0 Å². The Labute approximate surface area is 98.7 Å². The lowest BCUT2D eigenvalue weighted by molar-refractivity contribution is -0.224. The normalized spacial score (nSPS) is 54.0. The average molecular weight is 224 g/mol. The molecule has 0 aromatic carbocycles. The first-order chi connectivity index (χ1) is 7.50. The molecule has 0 aromatic rings. The largest absolute Gasteiger partial charge is 0.356 e. The molecular formula is C14H24O2. The van der Waals surface area contributed by atoms with Gasteiger partial charge in [-0.05, 0) is 48.3 Å². The van der Waals surface area contributed by atoms with Gasteiger partial charge in [-0.2, -0.15) is 0 Å². The summed E-state index contributed by atoms with van der Waals surface area (Å²) in [7, 11) is 1.77. The van der Waals surface area contributed by atoms with E-state index in [1.54, 1.807) is 7.11 Å². The topological polar surface area (TPSA) is 18.5 Å². The lowest BCUT2D eigenvalue weighted by atomic mass is 9.69. The summed E-state index contributed by atoms with van der Waals surface area (Å²) in [5.74, 6) is 1.67. The third-order valence-corrected chi connectivity index (χ3v) is 6.20. The van der Waals surface area contributed by atoms with Crippen LogP contribution in [-0.2, 0) is 9.47 Å². The second-order valence-electron chi connectivity index (χ2n) is 6.75. The van der Waals surface area contributed by atoms with Crippen LogP contribution in [-0.4, -0.2) is 19.5 Å². The van der Waals surface area contributed by atoms with Gasteiger partial charge >= 0.3 is 0 Å². The van der Waals surface area contributed by atoms with Crippen molar-refractivity contribution in [3.8, 4) is 0 Å². The van der Waals surface area contributed by atoms with Crippen LogP contribution in [0.1, 0.15) is 46.5 Å². The molecule has 1 aliphatic heterocycles. The van der Waals surface area contributed by atoms with Crippen molar-refractivity contribution < 1.29 is 9.47 Å². The molecule has 0 radical (unpaired) electrons. The third kappa shape index (κ3) is 1.10. The van der Waals surface area contributed by atoms with Crippen LogP contribution in [0, 0.1) is 22.7 Å². The summed E-state index contributed by atoms with van der Waals surface area (Å²) in [6.07, 6.45) is 5.62. The molecule has 92 valence electrons. The Morgan fingerprint density at radius 2 is 1.88 bits per heavy atom. The van der Waals surface area contributed by atoms with Crippen LogP contribution in [0.15, 0.2) is 0 Å². The molecule has 0 N–H and O–H groups in total. The van der Waals surface area contributed by atoms with Crippen molar-refractivity contribution in [3.05, 3.63) is 0 Å². The average Bonchev–Trinajstić information content (AvgIpc) is 2.59. The molecule has 2 heteroatoms. The van der Waals surface area contributed by atoms with Gasteiger partial charge in [-0.25, -0.2) is 0 Å². The van der Waals surface area contributed by atoms with Gasteiger partial charge in [0.25, 0.3) is 0 Å².